The summed E-state index contributed by atoms with van der Waals surface area (Å²) in [6, 6.07) is 4.41. The Morgan fingerprint density at radius 1 is 1.35 bits per heavy atom. The summed E-state index contributed by atoms with van der Waals surface area (Å²) in [7, 11) is 0. The topological polar surface area (TPSA) is 83.8 Å². The van der Waals surface area contributed by atoms with E-state index in [1.165, 1.54) is 18.2 Å². The van der Waals surface area contributed by atoms with Crippen molar-refractivity contribution >= 4 is 39.5 Å². The van der Waals surface area contributed by atoms with Crippen LogP contribution in [0.2, 0.25) is 5.02 Å². The quantitative estimate of drug-likeness (QED) is 0.657. The lowest BCUT2D eigenvalue weighted by Gasteiger charge is -2.07. The zero-order valence-electron chi connectivity index (χ0n) is 8.18. The molecule has 0 aliphatic heterocycles. The molecule has 0 amide bonds. The first kappa shape index (κ1) is 13.5. The minimum Gasteiger partial charge on any atom is -0.478 e. The third kappa shape index (κ3) is 4.08. The van der Waals surface area contributed by atoms with Gasteiger partial charge in [0.1, 0.15) is 5.75 Å². The molecule has 0 aliphatic carbocycles. The second kappa shape index (κ2) is 5.70. The zero-order chi connectivity index (χ0) is 13.0. The molecule has 7 heteroatoms. The molecule has 5 nitrogen and oxygen atoms in total. The van der Waals surface area contributed by atoms with Crippen molar-refractivity contribution in [2.75, 3.05) is 0 Å². The summed E-state index contributed by atoms with van der Waals surface area (Å²) >= 11 is 8.80. The van der Waals surface area contributed by atoms with Gasteiger partial charge >= 0.3 is 11.9 Å². The van der Waals surface area contributed by atoms with Gasteiger partial charge in [-0.3, -0.25) is 0 Å². The van der Waals surface area contributed by atoms with E-state index in [9.17, 15) is 9.59 Å². The van der Waals surface area contributed by atoms with E-state index in [4.69, 9.17) is 26.6 Å². The molecule has 2 N–H and O–H groups in total. The van der Waals surface area contributed by atoms with Crippen LogP contribution in [-0.4, -0.2) is 22.2 Å². The highest BCUT2D eigenvalue weighted by Crippen LogP contribution is 2.29. The van der Waals surface area contributed by atoms with Gasteiger partial charge in [0.25, 0.3) is 0 Å². The van der Waals surface area contributed by atoms with Gasteiger partial charge in [0.15, 0.2) is 0 Å². The minimum atomic E-state index is -1.48. The zero-order valence-corrected chi connectivity index (χ0v) is 10.5. The van der Waals surface area contributed by atoms with Crippen molar-refractivity contribution in [1.29, 1.82) is 0 Å². The van der Waals surface area contributed by atoms with E-state index < -0.39 is 17.7 Å². The van der Waals surface area contributed by atoms with E-state index in [1.54, 1.807) is 0 Å². The molecule has 0 saturated heterocycles. The predicted molar refractivity (Wildman–Crippen MR) is 63.1 cm³/mol. The van der Waals surface area contributed by atoms with Crippen molar-refractivity contribution in [3.63, 3.8) is 0 Å². The summed E-state index contributed by atoms with van der Waals surface area (Å²) < 4.78 is 5.37. The molecule has 0 fully saturated rings. The van der Waals surface area contributed by atoms with Gasteiger partial charge in [-0.2, -0.15) is 0 Å². The number of carbonyl (C=O) groups is 2. The van der Waals surface area contributed by atoms with Crippen LogP contribution in [0.15, 0.2) is 34.5 Å². The Hall–Kier alpha value is -1.53. The Labute approximate surface area is 109 Å². The smallest absolute Gasteiger partial charge is 0.372 e. The monoisotopic (exact) mass is 320 g/mol. The summed E-state index contributed by atoms with van der Waals surface area (Å²) in [4.78, 5) is 21.1. The Balaban J connectivity index is 3.02. The Bertz CT molecular complexity index is 497. The van der Waals surface area contributed by atoms with E-state index in [2.05, 4.69) is 15.9 Å². The number of carboxylic acids is 2. The molecule has 0 atom stereocenters. The maximum Gasteiger partial charge on any atom is 0.372 e. The molecular formula is C10H6BrClO5. The molecule has 0 aliphatic rings. The fraction of sp³-hybridized carbons (Fsp3) is 0. The van der Waals surface area contributed by atoms with E-state index in [-0.39, 0.29) is 5.75 Å². The van der Waals surface area contributed by atoms with Crippen LogP contribution in [-0.2, 0) is 9.59 Å². The number of hydrogen-bond acceptors (Lipinski definition) is 3. The van der Waals surface area contributed by atoms with Crippen LogP contribution in [0, 0.1) is 0 Å². The predicted octanol–water partition coefficient (Wildman–Crippen LogP) is 2.53. The van der Waals surface area contributed by atoms with Crippen LogP contribution >= 0.6 is 27.5 Å². The molecule has 0 unspecified atom stereocenters. The fourth-order valence-electron chi connectivity index (χ4n) is 0.923. The summed E-state index contributed by atoms with van der Waals surface area (Å²) in [5, 5.41) is 17.6. The van der Waals surface area contributed by atoms with Gasteiger partial charge in [-0.1, -0.05) is 11.6 Å². The number of ether oxygens (including phenoxy) is 1. The summed E-state index contributed by atoms with van der Waals surface area (Å²) in [5.41, 5.74) is 0. The molecule has 0 aromatic heterocycles. The third-order valence-corrected chi connectivity index (χ3v) is 2.43. The molecule has 17 heavy (non-hydrogen) atoms. The van der Waals surface area contributed by atoms with Crippen LogP contribution < -0.4 is 4.74 Å². The van der Waals surface area contributed by atoms with Gasteiger partial charge in [-0.05, 0) is 34.1 Å². The number of rotatable bonds is 4. The Kier molecular flexibility index (Phi) is 4.53. The summed E-state index contributed by atoms with van der Waals surface area (Å²) in [6.45, 7) is 0. The lowest BCUT2D eigenvalue weighted by molar-refractivity contribution is -0.137. The van der Waals surface area contributed by atoms with Gasteiger partial charge in [-0.25, -0.2) is 9.59 Å². The van der Waals surface area contributed by atoms with Gasteiger partial charge in [0.2, 0.25) is 5.76 Å². The maximum atomic E-state index is 10.7. The molecule has 1 aromatic carbocycles. The summed E-state index contributed by atoms with van der Waals surface area (Å²) in [6.07, 6.45) is 0.462. The first-order valence-electron chi connectivity index (χ1n) is 4.21. The van der Waals surface area contributed by atoms with Crippen LogP contribution in [0.1, 0.15) is 0 Å². The molecule has 90 valence electrons. The highest BCUT2D eigenvalue weighted by atomic mass is 79.9. The fourth-order valence-corrected chi connectivity index (χ4v) is 1.69. The first-order chi connectivity index (χ1) is 7.90. The molecule has 0 spiro atoms. The van der Waals surface area contributed by atoms with Crippen LogP contribution in [0.5, 0.6) is 5.75 Å². The minimum absolute atomic E-state index is 0.157. The van der Waals surface area contributed by atoms with Crippen molar-refractivity contribution in [2.24, 2.45) is 0 Å². The van der Waals surface area contributed by atoms with Crippen LogP contribution in [0.4, 0.5) is 0 Å². The van der Waals surface area contributed by atoms with Crippen LogP contribution in [0.3, 0.4) is 0 Å². The van der Waals surface area contributed by atoms with Crippen LogP contribution in [0.25, 0.3) is 0 Å². The van der Waals surface area contributed by atoms with Gasteiger partial charge in [0, 0.05) is 5.02 Å². The number of hydrogen-bond donors (Lipinski definition) is 2. The largest absolute Gasteiger partial charge is 0.478 e. The number of carboxylic acid groups (broad SMARTS) is 2. The van der Waals surface area contributed by atoms with Crippen molar-refractivity contribution in [3.05, 3.63) is 39.5 Å². The molecule has 0 saturated carbocycles. The molecule has 0 radical (unpaired) electrons. The van der Waals surface area contributed by atoms with E-state index in [0.29, 0.717) is 15.6 Å². The number of aliphatic carboxylic acids is 2. The Morgan fingerprint density at radius 3 is 2.47 bits per heavy atom. The van der Waals surface area contributed by atoms with E-state index in [0.717, 1.165) is 0 Å². The van der Waals surface area contributed by atoms with E-state index >= 15 is 0 Å². The number of benzene rings is 1. The first-order valence-corrected chi connectivity index (χ1v) is 5.38. The maximum absolute atomic E-state index is 10.7. The van der Waals surface area contributed by atoms with Crippen molar-refractivity contribution in [1.82, 2.24) is 0 Å². The third-order valence-electron chi connectivity index (χ3n) is 1.58. The van der Waals surface area contributed by atoms with Crippen molar-refractivity contribution < 1.29 is 24.5 Å². The van der Waals surface area contributed by atoms with Gasteiger partial charge < -0.3 is 14.9 Å². The Morgan fingerprint density at radius 2 is 2.00 bits per heavy atom. The molecule has 1 rings (SSSR count). The SMILES string of the molecule is O=C(O)/C=C(\Oc1ccc(Cl)cc1Br)C(=O)O. The van der Waals surface area contributed by atoms with Gasteiger partial charge in [-0.15, -0.1) is 0 Å². The standard InChI is InChI=1S/C10H6BrClO5/c11-6-3-5(12)1-2-7(6)17-8(10(15)16)4-9(13)14/h1-4H,(H,13,14)(H,15,16)/b8-4-. The van der Waals surface area contributed by atoms with E-state index in [1.807, 2.05) is 0 Å². The second-order valence-corrected chi connectivity index (χ2v) is 4.12. The number of halogens is 2. The molecule has 0 heterocycles. The van der Waals surface area contributed by atoms with Crippen molar-refractivity contribution in [3.8, 4) is 5.75 Å². The molecule has 1 aromatic rings. The average molecular weight is 322 g/mol. The second-order valence-electron chi connectivity index (χ2n) is 2.83. The normalized spacial score (nSPS) is 11.1. The molecule has 0 bridgehead atoms. The van der Waals surface area contributed by atoms with Gasteiger partial charge in [0.05, 0.1) is 10.5 Å². The average Bonchev–Trinajstić information content (AvgIpc) is 2.19. The lowest BCUT2D eigenvalue weighted by atomic mass is 10.3. The lowest BCUT2D eigenvalue weighted by Crippen LogP contribution is -2.10. The highest BCUT2D eigenvalue weighted by molar-refractivity contribution is 9.10. The van der Waals surface area contributed by atoms with Crippen molar-refractivity contribution in [2.45, 2.75) is 0 Å². The molecular weight excluding hydrogens is 315 g/mol. The summed E-state index contributed by atoms with van der Waals surface area (Å²) in [5.74, 6) is -3.42. The highest BCUT2D eigenvalue weighted by Gasteiger charge is 2.14.